The highest BCUT2D eigenvalue weighted by Crippen LogP contribution is 2.27. The zero-order chi connectivity index (χ0) is 14.7. The molecule has 1 saturated heterocycles. The van der Waals surface area contributed by atoms with Gasteiger partial charge in [-0.3, -0.25) is 4.98 Å². The van der Waals surface area contributed by atoms with E-state index in [-0.39, 0.29) is 0 Å². The molecule has 21 heavy (non-hydrogen) atoms. The Bertz CT molecular complexity index is 605. The van der Waals surface area contributed by atoms with Crippen molar-refractivity contribution < 1.29 is 0 Å². The number of likely N-dealkylation sites (tertiary alicyclic amines) is 1. The van der Waals surface area contributed by atoms with E-state index in [4.69, 9.17) is 5.73 Å². The zero-order valence-corrected chi connectivity index (χ0v) is 12.7. The summed E-state index contributed by atoms with van der Waals surface area (Å²) in [6.45, 7) is 5.80. The highest BCUT2D eigenvalue weighted by atomic mass is 15.1. The predicted octanol–water partition coefficient (Wildman–Crippen LogP) is 3.10. The van der Waals surface area contributed by atoms with Crippen LogP contribution in [0.25, 0.3) is 10.8 Å². The third-order valence-electron chi connectivity index (χ3n) is 4.23. The quantitative estimate of drug-likeness (QED) is 0.847. The fourth-order valence-electron chi connectivity index (χ4n) is 3.18. The second kappa shape index (κ2) is 6.31. The highest BCUT2D eigenvalue weighted by Gasteiger charge is 2.14. The summed E-state index contributed by atoms with van der Waals surface area (Å²) in [5.74, 6) is 0. The maximum absolute atomic E-state index is 6.04. The number of rotatable bonds is 4. The van der Waals surface area contributed by atoms with Crippen molar-refractivity contribution in [3.05, 3.63) is 30.6 Å². The summed E-state index contributed by atoms with van der Waals surface area (Å²) in [5, 5.41) is 5.79. The SMILES string of the molecule is CC(CN1CCCCC1)Nc1ccc(N)c2ccncc12. The minimum absolute atomic E-state index is 0.412. The molecular formula is C17H24N4. The third kappa shape index (κ3) is 3.27. The number of nitrogens with zero attached hydrogens (tertiary/aromatic N) is 2. The minimum atomic E-state index is 0.412. The molecule has 112 valence electrons. The van der Waals surface area contributed by atoms with Crippen LogP contribution in [0.4, 0.5) is 11.4 Å². The van der Waals surface area contributed by atoms with Gasteiger partial charge in [0.1, 0.15) is 0 Å². The average molecular weight is 284 g/mol. The van der Waals surface area contributed by atoms with Gasteiger partial charge in [0.2, 0.25) is 0 Å². The van der Waals surface area contributed by atoms with Crippen LogP contribution >= 0.6 is 0 Å². The number of benzene rings is 1. The second-order valence-corrected chi connectivity index (χ2v) is 6.03. The van der Waals surface area contributed by atoms with Gasteiger partial charge in [-0.2, -0.15) is 0 Å². The van der Waals surface area contributed by atoms with E-state index in [1.807, 2.05) is 18.3 Å². The smallest absolute Gasteiger partial charge is 0.0439 e. The van der Waals surface area contributed by atoms with Crippen molar-refractivity contribution in [3.8, 4) is 0 Å². The molecule has 4 heteroatoms. The van der Waals surface area contributed by atoms with E-state index < -0.39 is 0 Å². The molecular weight excluding hydrogens is 260 g/mol. The van der Waals surface area contributed by atoms with Crippen LogP contribution in [0.1, 0.15) is 26.2 Å². The summed E-state index contributed by atoms with van der Waals surface area (Å²) in [7, 11) is 0. The Morgan fingerprint density at radius 2 is 2.00 bits per heavy atom. The van der Waals surface area contributed by atoms with Gasteiger partial charge in [-0.05, 0) is 51.1 Å². The summed E-state index contributed by atoms with van der Waals surface area (Å²) < 4.78 is 0. The van der Waals surface area contributed by atoms with Crippen LogP contribution in [0.2, 0.25) is 0 Å². The van der Waals surface area contributed by atoms with Gasteiger partial charge >= 0.3 is 0 Å². The lowest BCUT2D eigenvalue weighted by molar-refractivity contribution is 0.223. The number of nitrogen functional groups attached to an aromatic ring is 1. The molecule has 0 bridgehead atoms. The van der Waals surface area contributed by atoms with Crippen LogP contribution in [0.3, 0.4) is 0 Å². The molecule has 0 aliphatic carbocycles. The molecule has 0 amide bonds. The Hall–Kier alpha value is -1.81. The molecule has 1 aromatic carbocycles. The molecule has 1 atom stereocenters. The standard InChI is InChI=1S/C17H24N4/c1-13(12-21-9-3-2-4-10-21)20-17-6-5-16(18)14-7-8-19-11-15(14)17/h5-8,11,13,20H,2-4,9-10,12,18H2,1H3. The number of aromatic nitrogens is 1. The maximum atomic E-state index is 6.04. The molecule has 1 fully saturated rings. The fourth-order valence-corrected chi connectivity index (χ4v) is 3.18. The van der Waals surface area contributed by atoms with Gasteiger partial charge in [-0.1, -0.05) is 6.42 Å². The molecule has 0 saturated carbocycles. The molecule has 4 nitrogen and oxygen atoms in total. The van der Waals surface area contributed by atoms with E-state index in [1.54, 1.807) is 6.20 Å². The van der Waals surface area contributed by atoms with Gasteiger partial charge in [0.25, 0.3) is 0 Å². The van der Waals surface area contributed by atoms with Crippen LogP contribution in [0.15, 0.2) is 30.6 Å². The Morgan fingerprint density at radius 1 is 1.19 bits per heavy atom. The minimum Gasteiger partial charge on any atom is -0.398 e. The Balaban J connectivity index is 1.73. The van der Waals surface area contributed by atoms with Gasteiger partial charge in [0.05, 0.1) is 0 Å². The number of nitrogens with one attached hydrogen (secondary N) is 1. The van der Waals surface area contributed by atoms with E-state index in [2.05, 4.69) is 28.2 Å². The van der Waals surface area contributed by atoms with Crippen LogP contribution in [-0.4, -0.2) is 35.6 Å². The number of pyridine rings is 1. The number of hydrogen-bond donors (Lipinski definition) is 2. The number of piperidine rings is 1. The molecule has 1 aliphatic rings. The first-order chi connectivity index (χ1) is 10.2. The van der Waals surface area contributed by atoms with Crippen molar-refractivity contribution in [2.45, 2.75) is 32.2 Å². The zero-order valence-electron chi connectivity index (χ0n) is 12.7. The lowest BCUT2D eigenvalue weighted by Gasteiger charge is -2.30. The molecule has 1 aliphatic heterocycles. The number of fused-ring (bicyclic) bond motifs is 1. The third-order valence-corrected chi connectivity index (χ3v) is 4.23. The largest absolute Gasteiger partial charge is 0.398 e. The summed E-state index contributed by atoms with van der Waals surface area (Å²) in [4.78, 5) is 6.79. The summed E-state index contributed by atoms with van der Waals surface area (Å²) in [5.41, 5.74) is 7.97. The number of hydrogen-bond acceptors (Lipinski definition) is 4. The van der Waals surface area contributed by atoms with Gasteiger partial charge in [-0.25, -0.2) is 0 Å². The van der Waals surface area contributed by atoms with Crippen LogP contribution < -0.4 is 11.1 Å². The molecule has 0 radical (unpaired) electrons. The first-order valence-corrected chi connectivity index (χ1v) is 7.85. The van der Waals surface area contributed by atoms with Crippen LogP contribution in [0, 0.1) is 0 Å². The van der Waals surface area contributed by atoms with E-state index in [1.165, 1.54) is 32.4 Å². The van der Waals surface area contributed by atoms with Gasteiger partial charge in [-0.15, -0.1) is 0 Å². The second-order valence-electron chi connectivity index (χ2n) is 6.03. The van der Waals surface area contributed by atoms with Crippen LogP contribution in [0.5, 0.6) is 0 Å². The predicted molar refractivity (Wildman–Crippen MR) is 89.5 cm³/mol. The summed E-state index contributed by atoms with van der Waals surface area (Å²) >= 11 is 0. The molecule has 1 unspecified atom stereocenters. The lowest BCUT2D eigenvalue weighted by atomic mass is 10.1. The molecule has 0 spiro atoms. The van der Waals surface area contributed by atoms with Crippen molar-refractivity contribution in [3.63, 3.8) is 0 Å². The summed E-state index contributed by atoms with van der Waals surface area (Å²) in [6.07, 6.45) is 7.73. The summed E-state index contributed by atoms with van der Waals surface area (Å²) in [6, 6.07) is 6.42. The molecule has 3 rings (SSSR count). The van der Waals surface area contributed by atoms with Crippen molar-refractivity contribution in [1.29, 1.82) is 0 Å². The first kappa shape index (κ1) is 14.1. The van der Waals surface area contributed by atoms with Crippen molar-refractivity contribution in [2.24, 2.45) is 0 Å². The van der Waals surface area contributed by atoms with E-state index in [9.17, 15) is 0 Å². The lowest BCUT2D eigenvalue weighted by Crippen LogP contribution is -2.38. The normalized spacial score (nSPS) is 17.8. The molecule has 3 N–H and O–H groups in total. The van der Waals surface area contributed by atoms with Crippen molar-refractivity contribution in [2.75, 3.05) is 30.7 Å². The fraction of sp³-hybridized carbons (Fsp3) is 0.471. The van der Waals surface area contributed by atoms with E-state index >= 15 is 0 Å². The topological polar surface area (TPSA) is 54.2 Å². The van der Waals surface area contributed by atoms with Crippen LogP contribution in [-0.2, 0) is 0 Å². The maximum Gasteiger partial charge on any atom is 0.0439 e. The Labute approximate surface area is 126 Å². The average Bonchev–Trinajstić information content (AvgIpc) is 2.51. The van der Waals surface area contributed by atoms with E-state index in [0.717, 1.165) is 28.7 Å². The molecule has 2 heterocycles. The number of anilines is 2. The van der Waals surface area contributed by atoms with Crippen molar-refractivity contribution >= 4 is 22.1 Å². The van der Waals surface area contributed by atoms with Gasteiger partial charge < -0.3 is 16.0 Å². The van der Waals surface area contributed by atoms with Gasteiger partial charge in [0, 0.05) is 47.1 Å². The molecule has 2 aromatic rings. The monoisotopic (exact) mass is 284 g/mol. The Morgan fingerprint density at radius 3 is 2.81 bits per heavy atom. The number of nitrogens with two attached hydrogens (primary N) is 1. The first-order valence-electron chi connectivity index (χ1n) is 7.85. The van der Waals surface area contributed by atoms with Gasteiger partial charge in [0.15, 0.2) is 0 Å². The van der Waals surface area contributed by atoms with Crippen molar-refractivity contribution in [1.82, 2.24) is 9.88 Å². The molecule has 1 aromatic heterocycles. The Kier molecular flexibility index (Phi) is 4.25. The van der Waals surface area contributed by atoms with E-state index in [0.29, 0.717) is 6.04 Å². The highest BCUT2D eigenvalue weighted by molar-refractivity contribution is 6.00.